The molecule has 4 N–H and O–H groups in total. The Kier molecular flexibility index (Phi) is 3.69. The number of nitrogens with one attached hydrogen (secondary N) is 1. The van der Waals surface area contributed by atoms with Crippen molar-refractivity contribution in [2.24, 2.45) is 10.9 Å². The fourth-order valence-corrected chi connectivity index (χ4v) is 1.80. The van der Waals surface area contributed by atoms with Crippen LogP contribution in [0, 0.1) is 6.92 Å². The van der Waals surface area contributed by atoms with Crippen LogP contribution in [0.25, 0.3) is 0 Å². The zero-order valence-corrected chi connectivity index (χ0v) is 11.2. The monoisotopic (exact) mass is 273 g/mol. The minimum atomic E-state index is -0.187. The molecule has 2 rings (SSSR count). The van der Waals surface area contributed by atoms with Crippen LogP contribution in [0.15, 0.2) is 35.6 Å². The van der Waals surface area contributed by atoms with Gasteiger partial charge in [0.05, 0.1) is 11.8 Å². The third-order valence-electron chi connectivity index (χ3n) is 3.00. The molecule has 0 bridgehead atoms. The van der Waals surface area contributed by atoms with E-state index in [-0.39, 0.29) is 11.7 Å². The van der Waals surface area contributed by atoms with Crippen LogP contribution < -0.4 is 10.6 Å². The van der Waals surface area contributed by atoms with E-state index in [0.717, 1.165) is 0 Å². The molecule has 0 aliphatic rings. The van der Waals surface area contributed by atoms with E-state index in [0.29, 0.717) is 22.5 Å². The van der Waals surface area contributed by atoms with Crippen molar-refractivity contribution >= 4 is 17.4 Å². The maximum atomic E-state index is 12.3. The number of amides is 1. The van der Waals surface area contributed by atoms with Gasteiger partial charge in [-0.25, -0.2) is 0 Å². The third kappa shape index (κ3) is 2.46. The fourth-order valence-electron chi connectivity index (χ4n) is 1.80. The minimum Gasteiger partial charge on any atom is -0.409 e. The van der Waals surface area contributed by atoms with Gasteiger partial charge < -0.3 is 15.8 Å². The lowest BCUT2D eigenvalue weighted by Gasteiger charge is -2.17. The third-order valence-corrected chi connectivity index (χ3v) is 3.00. The first-order valence-corrected chi connectivity index (χ1v) is 5.90. The largest absolute Gasteiger partial charge is 0.409 e. The summed E-state index contributed by atoms with van der Waals surface area (Å²) in [5.41, 5.74) is 7.92. The van der Waals surface area contributed by atoms with Gasteiger partial charge in [0.2, 0.25) is 0 Å². The molecule has 0 aliphatic carbocycles. The number of H-pyrrole nitrogens is 1. The first-order chi connectivity index (χ1) is 9.54. The van der Waals surface area contributed by atoms with Gasteiger partial charge in [-0.2, -0.15) is 5.10 Å². The average Bonchev–Trinajstić information content (AvgIpc) is 2.91. The summed E-state index contributed by atoms with van der Waals surface area (Å²) in [5.74, 6) is -0.194. The van der Waals surface area contributed by atoms with Gasteiger partial charge in [0.1, 0.15) is 0 Å². The van der Waals surface area contributed by atoms with Gasteiger partial charge in [0.15, 0.2) is 5.84 Å². The lowest BCUT2D eigenvalue weighted by atomic mass is 10.1. The van der Waals surface area contributed by atoms with Gasteiger partial charge in [-0.3, -0.25) is 9.89 Å². The number of rotatable bonds is 3. The molecule has 0 aliphatic heterocycles. The molecule has 1 amide bonds. The summed E-state index contributed by atoms with van der Waals surface area (Å²) >= 11 is 0. The molecule has 0 unspecified atom stereocenters. The summed E-state index contributed by atoms with van der Waals surface area (Å²) in [6, 6.07) is 6.86. The van der Waals surface area contributed by atoms with Crippen LogP contribution in [0.3, 0.4) is 0 Å². The Balaban J connectivity index is 2.32. The smallest absolute Gasteiger partial charge is 0.261 e. The molecule has 7 nitrogen and oxygen atoms in total. The second-order valence-electron chi connectivity index (χ2n) is 4.31. The van der Waals surface area contributed by atoms with E-state index in [2.05, 4.69) is 15.4 Å². The second kappa shape index (κ2) is 5.43. The molecule has 0 saturated carbocycles. The van der Waals surface area contributed by atoms with Gasteiger partial charge in [-0.15, -0.1) is 0 Å². The summed E-state index contributed by atoms with van der Waals surface area (Å²) in [7, 11) is 1.65. The topological polar surface area (TPSA) is 108 Å². The van der Waals surface area contributed by atoms with Crippen molar-refractivity contribution in [3.63, 3.8) is 0 Å². The highest BCUT2D eigenvalue weighted by atomic mass is 16.4. The quantitative estimate of drug-likeness (QED) is 0.336. The van der Waals surface area contributed by atoms with E-state index in [1.807, 2.05) is 0 Å². The van der Waals surface area contributed by atoms with Gasteiger partial charge in [-0.05, 0) is 19.1 Å². The second-order valence-corrected chi connectivity index (χ2v) is 4.31. The van der Waals surface area contributed by atoms with Crippen molar-refractivity contribution in [1.82, 2.24) is 10.2 Å². The van der Waals surface area contributed by atoms with E-state index >= 15 is 0 Å². The lowest BCUT2D eigenvalue weighted by molar-refractivity contribution is 0.0992. The first kappa shape index (κ1) is 13.6. The Morgan fingerprint density at radius 1 is 1.50 bits per heavy atom. The van der Waals surface area contributed by atoms with Crippen molar-refractivity contribution in [3.05, 3.63) is 47.3 Å². The van der Waals surface area contributed by atoms with Gasteiger partial charge >= 0.3 is 0 Å². The van der Waals surface area contributed by atoms with Crippen molar-refractivity contribution in [3.8, 4) is 0 Å². The molecule has 1 aromatic heterocycles. The number of hydrogen-bond acceptors (Lipinski definition) is 4. The highest BCUT2D eigenvalue weighted by molar-refractivity contribution is 6.07. The number of hydrogen-bond donors (Lipinski definition) is 3. The Morgan fingerprint density at radius 3 is 2.85 bits per heavy atom. The van der Waals surface area contributed by atoms with Crippen molar-refractivity contribution in [2.45, 2.75) is 6.92 Å². The number of nitrogens with two attached hydrogens (primary N) is 1. The Labute approximate surface area is 115 Å². The fraction of sp³-hybridized carbons (Fsp3) is 0.154. The first-order valence-electron chi connectivity index (χ1n) is 5.90. The van der Waals surface area contributed by atoms with Gasteiger partial charge in [0.25, 0.3) is 5.91 Å². The van der Waals surface area contributed by atoms with E-state index in [9.17, 15) is 4.79 Å². The van der Waals surface area contributed by atoms with Crippen molar-refractivity contribution in [1.29, 1.82) is 0 Å². The molecular formula is C13H15N5O2. The number of carbonyl (C=O) groups is 1. The number of benzene rings is 1. The molecular weight excluding hydrogens is 258 g/mol. The number of aromatic nitrogens is 2. The minimum absolute atomic E-state index is 0.00723. The Morgan fingerprint density at radius 2 is 2.25 bits per heavy atom. The number of amidine groups is 1. The number of aryl methyl sites for hydroxylation is 1. The molecule has 0 radical (unpaired) electrons. The molecule has 0 saturated heterocycles. The number of carbonyl (C=O) groups excluding carboxylic acids is 1. The van der Waals surface area contributed by atoms with E-state index in [1.165, 1.54) is 11.1 Å². The standard InChI is InChI=1S/C13H15N5O2/c1-8-11(7-15-16-8)13(19)18(2)10-5-3-4-9(6-10)12(14)17-20/h3-7,20H,1-2H3,(H2,14,17)(H,15,16). The van der Waals surface area contributed by atoms with Crippen LogP contribution in [0.5, 0.6) is 0 Å². The lowest BCUT2D eigenvalue weighted by Crippen LogP contribution is -2.27. The maximum absolute atomic E-state index is 12.3. The highest BCUT2D eigenvalue weighted by Gasteiger charge is 2.17. The molecule has 104 valence electrons. The van der Waals surface area contributed by atoms with Crippen LogP contribution in [0.2, 0.25) is 0 Å². The Bertz CT molecular complexity index is 662. The SMILES string of the molecule is Cc1[nH]ncc1C(=O)N(C)c1cccc(C(N)=NO)c1. The van der Waals surface area contributed by atoms with Crippen LogP contribution in [-0.4, -0.2) is 34.2 Å². The average molecular weight is 273 g/mol. The predicted octanol–water partition coefficient (Wildman–Crippen LogP) is 1.09. The summed E-state index contributed by atoms with van der Waals surface area (Å²) in [6.45, 7) is 1.78. The zero-order valence-electron chi connectivity index (χ0n) is 11.2. The highest BCUT2D eigenvalue weighted by Crippen LogP contribution is 2.18. The summed E-state index contributed by atoms with van der Waals surface area (Å²) in [5, 5.41) is 18.2. The number of nitrogens with zero attached hydrogens (tertiary/aromatic N) is 3. The van der Waals surface area contributed by atoms with Crippen molar-refractivity contribution < 1.29 is 10.0 Å². The van der Waals surface area contributed by atoms with Crippen LogP contribution in [0.4, 0.5) is 5.69 Å². The summed E-state index contributed by atoms with van der Waals surface area (Å²) in [4.78, 5) is 13.8. The number of aromatic amines is 1. The molecule has 20 heavy (non-hydrogen) atoms. The van der Waals surface area contributed by atoms with E-state index in [4.69, 9.17) is 10.9 Å². The van der Waals surface area contributed by atoms with Gasteiger partial charge in [-0.1, -0.05) is 17.3 Å². The number of anilines is 1. The molecule has 0 atom stereocenters. The summed E-state index contributed by atoms with van der Waals surface area (Å²) < 4.78 is 0. The molecule has 0 spiro atoms. The maximum Gasteiger partial charge on any atom is 0.261 e. The zero-order chi connectivity index (χ0) is 14.7. The normalized spacial score (nSPS) is 11.4. The number of oxime groups is 1. The molecule has 7 heteroatoms. The van der Waals surface area contributed by atoms with Crippen LogP contribution >= 0.6 is 0 Å². The molecule has 1 heterocycles. The molecule has 1 aromatic carbocycles. The van der Waals surface area contributed by atoms with Gasteiger partial charge in [0, 0.05) is 24.0 Å². The van der Waals surface area contributed by atoms with E-state index < -0.39 is 0 Å². The summed E-state index contributed by atoms with van der Waals surface area (Å²) in [6.07, 6.45) is 1.49. The van der Waals surface area contributed by atoms with Crippen molar-refractivity contribution in [2.75, 3.05) is 11.9 Å². The predicted molar refractivity (Wildman–Crippen MR) is 75.0 cm³/mol. The van der Waals surface area contributed by atoms with Crippen LogP contribution in [0.1, 0.15) is 21.6 Å². The molecule has 2 aromatic rings. The van der Waals surface area contributed by atoms with Crippen LogP contribution in [-0.2, 0) is 0 Å². The Hall–Kier alpha value is -2.83. The molecule has 0 fully saturated rings. The van der Waals surface area contributed by atoms with E-state index in [1.54, 1.807) is 38.2 Å².